The van der Waals surface area contributed by atoms with Gasteiger partial charge in [-0.15, -0.1) is 0 Å². The van der Waals surface area contributed by atoms with Gasteiger partial charge in [-0.1, -0.05) is 0 Å². The van der Waals surface area contributed by atoms with E-state index in [0.717, 1.165) is 57.4 Å². The van der Waals surface area contributed by atoms with Gasteiger partial charge in [-0.05, 0) is 95.7 Å². The van der Waals surface area contributed by atoms with Crippen molar-refractivity contribution in [1.82, 2.24) is 24.9 Å². The molecule has 1 atom stereocenters. The van der Waals surface area contributed by atoms with E-state index in [2.05, 4.69) is 15.3 Å². The quantitative estimate of drug-likeness (QED) is 0.618. The topological polar surface area (TPSA) is 114 Å². The molecule has 1 unspecified atom stereocenters. The molecule has 3 saturated heterocycles. The SMILES string of the molecule is CC(C)(C)OC(=O)N1CCC2(CC1)CC(N1CCC(c3cnn(C4CCC(=O)NC4=O)c(=O)c3)CC1)C2. The molecular formula is C27H39N5O5. The van der Waals surface area contributed by atoms with Crippen LogP contribution < -0.4 is 10.9 Å². The fraction of sp³-hybridized carbons (Fsp3) is 0.741. The van der Waals surface area contributed by atoms with E-state index in [1.165, 1.54) is 17.5 Å². The Balaban J connectivity index is 1.09. The summed E-state index contributed by atoms with van der Waals surface area (Å²) in [5.74, 6) is -0.471. The Labute approximate surface area is 217 Å². The molecule has 1 saturated carbocycles. The van der Waals surface area contributed by atoms with Crippen LogP contribution in [0.4, 0.5) is 4.79 Å². The van der Waals surface area contributed by atoms with Gasteiger partial charge in [0, 0.05) is 31.6 Å². The van der Waals surface area contributed by atoms with Gasteiger partial charge in [-0.3, -0.25) is 19.7 Å². The lowest BCUT2D eigenvalue weighted by Crippen LogP contribution is -2.57. The largest absolute Gasteiger partial charge is 0.444 e. The average molecular weight is 514 g/mol. The van der Waals surface area contributed by atoms with Crippen LogP contribution >= 0.6 is 0 Å². The van der Waals surface area contributed by atoms with E-state index in [9.17, 15) is 19.2 Å². The highest BCUT2D eigenvalue weighted by molar-refractivity contribution is 5.99. The van der Waals surface area contributed by atoms with Crippen LogP contribution in [0.1, 0.15) is 89.7 Å². The van der Waals surface area contributed by atoms with E-state index in [-0.39, 0.29) is 24.0 Å². The molecule has 0 radical (unpaired) electrons. The Morgan fingerprint density at radius 1 is 1.05 bits per heavy atom. The van der Waals surface area contributed by atoms with Crippen LogP contribution in [0.2, 0.25) is 0 Å². The second-order valence-electron chi connectivity index (χ2n) is 12.4. The maximum atomic E-state index is 12.7. The lowest BCUT2D eigenvalue weighted by molar-refractivity contribution is -0.136. The lowest BCUT2D eigenvalue weighted by atomic mass is 9.59. The first-order valence-corrected chi connectivity index (χ1v) is 13.7. The number of likely N-dealkylation sites (tertiary alicyclic amines) is 2. The Hall–Kier alpha value is -2.75. The van der Waals surface area contributed by atoms with Crippen LogP contribution in [0.5, 0.6) is 0 Å². The van der Waals surface area contributed by atoms with Gasteiger partial charge in [-0.25, -0.2) is 9.48 Å². The standard InChI is InChI=1S/C27H39N5O5/c1-26(2,3)37-25(36)31-12-8-27(9-13-31)15-20(16-27)30-10-6-18(7-11-30)19-14-23(34)32(28-17-19)21-4-5-22(33)29-24(21)35/h14,17-18,20-21H,4-13,15-16H2,1-3H3,(H,29,33,35). The van der Waals surface area contributed by atoms with Crippen molar-refractivity contribution in [2.45, 2.75) is 95.7 Å². The van der Waals surface area contributed by atoms with Crippen molar-refractivity contribution < 1.29 is 19.1 Å². The van der Waals surface area contributed by atoms with Crippen LogP contribution in [0, 0.1) is 5.41 Å². The molecule has 10 heteroatoms. The first kappa shape index (κ1) is 25.9. The fourth-order valence-corrected chi connectivity index (χ4v) is 6.50. The predicted molar refractivity (Wildman–Crippen MR) is 136 cm³/mol. The Kier molecular flexibility index (Phi) is 6.89. The van der Waals surface area contributed by atoms with Crippen LogP contribution in [-0.4, -0.2) is 75.3 Å². The van der Waals surface area contributed by atoms with Crippen LogP contribution in [0.3, 0.4) is 0 Å². The zero-order valence-electron chi connectivity index (χ0n) is 22.2. The highest BCUT2D eigenvalue weighted by atomic mass is 16.6. The molecule has 1 aliphatic carbocycles. The molecule has 1 N–H and O–H groups in total. The maximum absolute atomic E-state index is 12.7. The first-order valence-electron chi connectivity index (χ1n) is 13.7. The lowest BCUT2D eigenvalue weighted by Gasteiger charge is -2.56. The number of carbonyl (C=O) groups excluding carboxylic acids is 3. The highest BCUT2D eigenvalue weighted by Gasteiger charge is 2.49. The fourth-order valence-electron chi connectivity index (χ4n) is 6.50. The van der Waals surface area contributed by atoms with Crippen LogP contribution in [0.25, 0.3) is 0 Å². The van der Waals surface area contributed by atoms with Crippen LogP contribution in [0.15, 0.2) is 17.1 Å². The van der Waals surface area contributed by atoms with Crippen molar-refractivity contribution in [3.8, 4) is 0 Å². The van der Waals surface area contributed by atoms with Crippen molar-refractivity contribution in [2.75, 3.05) is 26.2 Å². The zero-order valence-corrected chi connectivity index (χ0v) is 22.2. The summed E-state index contributed by atoms with van der Waals surface area (Å²) in [6.07, 6.45) is 8.52. The average Bonchev–Trinajstić information content (AvgIpc) is 2.82. The van der Waals surface area contributed by atoms with Gasteiger partial charge in [0.2, 0.25) is 5.91 Å². The summed E-state index contributed by atoms with van der Waals surface area (Å²) < 4.78 is 6.75. The summed E-state index contributed by atoms with van der Waals surface area (Å²) in [5, 5.41) is 6.60. The monoisotopic (exact) mass is 513 g/mol. The molecule has 4 aliphatic rings. The first-order chi connectivity index (χ1) is 17.5. The number of aromatic nitrogens is 2. The van der Waals surface area contributed by atoms with Crippen LogP contribution in [-0.2, 0) is 14.3 Å². The van der Waals surface area contributed by atoms with Gasteiger partial charge in [0.15, 0.2) is 0 Å². The third kappa shape index (κ3) is 5.58. The van der Waals surface area contributed by atoms with E-state index in [4.69, 9.17) is 4.74 Å². The second-order valence-corrected chi connectivity index (χ2v) is 12.4. The van der Waals surface area contributed by atoms with Crippen molar-refractivity contribution in [3.63, 3.8) is 0 Å². The summed E-state index contributed by atoms with van der Waals surface area (Å²) in [4.78, 5) is 53.1. The van der Waals surface area contributed by atoms with E-state index >= 15 is 0 Å². The third-order valence-electron chi connectivity index (χ3n) is 8.68. The predicted octanol–water partition coefficient (Wildman–Crippen LogP) is 2.58. The molecule has 4 fully saturated rings. The second kappa shape index (κ2) is 9.85. The summed E-state index contributed by atoms with van der Waals surface area (Å²) in [6, 6.07) is 1.50. The number of nitrogens with zero attached hydrogens (tertiary/aromatic N) is 4. The number of hydrogen-bond donors (Lipinski definition) is 1. The van der Waals surface area contributed by atoms with Gasteiger partial charge in [-0.2, -0.15) is 5.10 Å². The summed E-state index contributed by atoms with van der Waals surface area (Å²) in [6.45, 7) is 9.28. The minimum atomic E-state index is -0.719. The van der Waals surface area contributed by atoms with E-state index in [1.807, 2.05) is 25.7 Å². The highest BCUT2D eigenvalue weighted by Crippen LogP contribution is 2.51. The molecular weight excluding hydrogens is 474 g/mol. The number of hydrogen-bond acceptors (Lipinski definition) is 7. The molecule has 3 amide bonds. The van der Waals surface area contributed by atoms with Gasteiger partial charge >= 0.3 is 6.09 Å². The Bertz CT molecular complexity index is 1100. The normalized spacial score (nSPS) is 25.6. The van der Waals surface area contributed by atoms with E-state index < -0.39 is 17.6 Å². The number of rotatable bonds is 3. The summed E-state index contributed by atoms with van der Waals surface area (Å²) in [5.41, 5.74) is 0.560. The molecule has 0 bridgehead atoms. The minimum absolute atomic E-state index is 0.195. The minimum Gasteiger partial charge on any atom is -0.444 e. The summed E-state index contributed by atoms with van der Waals surface area (Å²) in [7, 11) is 0. The number of nitrogens with one attached hydrogen (secondary N) is 1. The van der Waals surface area contributed by atoms with Crippen molar-refractivity contribution in [3.05, 3.63) is 28.2 Å². The zero-order chi connectivity index (χ0) is 26.4. The molecule has 202 valence electrons. The summed E-state index contributed by atoms with van der Waals surface area (Å²) >= 11 is 0. The smallest absolute Gasteiger partial charge is 0.410 e. The molecule has 3 aliphatic heterocycles. The number of amides is 3. The molecule has 1 aromatic rings. The molecule has 1 aromatic heterocycles. The van der Waals surface area contributed by atoms with Crippen molar-refractivity contribution in [1.29, 1.82) is 0 Å². The molecule has 5 rings (SSSR count). The number of piperidine rings is 3. The third-order valence-corrected chi connectivity index (χ3v) is 8.68. The molecule has 37 heavy (non-hydrogen) atoms. The van der Waals surface area contributed by atoms with E-state index in [0.29, 0.717) is 23.8 Å². The molecule has 4 heterocycles. The molecule has 1 spiro atoms. The number of ether oxygens (including phenoxy) is 1. The van der Waals surface area contributed by atoms with Gasteiger partial charge in [0.25, 0.3) is 11.5 Å². The van der Waals surface area contributed by atoms with E-state index in [1.54, 1.807) is 12.3 Å². The maximum Gasteiger partial charge on any atom is 0.410 e. The Morgan fingerprint density at radius 2 is 1.73 bits per heavy atom. The number of carbonyl (C=O) groups is 3. The molecule has 10 nitrogen and oxygen atoms in total. The van der Waals surface area contributed by atoms with Gasteiger partial charge in [0.05, 0.1) is 6.20 Å². The van der Waals surface area contributed by atoms with Gasteiger partial charge in [0.1, 0.15) is 11.6 Å². The molecule has 0 aromatic carbocycles. The van der Waals surface area contributed by atoms with Crippen molar-refractivity contribution in [2.24, 2.45) is 5.41 Å². The van der Waals surface area contributed by atoms with Gasteiger partial charge < -0.3 is 14.5 Å². The van der Waals surface area contributed by atoms with Crippen molar-refractivity contribution >= 4 is 17.9 Å². The number of imide groups is 1. The Morgan fingerprint density at radius 3 is 2.32 bits per heavy atom.